The summed E-state index contributed by atoms with van der Waals surface area (Å²) in [5, 5.41) is 16.0. The smallest absolute Gasteiger partial charge is 0.246 e. The van der Waals surface area contributed by atoms with Crippen molar-refractivity contribution < 1.29 is 9.18 Å². The van der Waals surface area contributed by atoms with Gasteiger partial charge in [0.15, 0.2) is 0 Å². The van der Waals surface area contributed by atoms with Crippen LogP contribution in [0.15, 0.2) is 54.6 Å². The van der Waals surface area contributed by atoms with Crippen LogP contribution in [0.25, 0.3) is 11.3 Å². The number of anilines is 1. The molecule has 1 aromatic heterocycles. The van der Waals surface area contributed by atoms with E-state index in [1.807, 2.05) is 25.1 Å². The summed E-state index contributed by atoms with van der Waals surface area (Å²) in [6.07, 6.45) is 0. The van der Waals surface area contributed by atoms with E-state index in [0.29, 0.717) is 11.3 Å². The summed E-state index contributed by atoms with van der Waals surface area (Å²) in [5.74, 6) is -0.600. The van der Waals surface area contributed by atoms with Crippen LogP contribution in [0, 0.1) is 24.1 Å². The fourth-order valence-corrected chi connectivity index (χ4v) is 2.40. The van der Waals surface area contributed by atoms with Crippen molar-refractivity contribution in [2.24, 2.45) is 0 Å². The number of aryl methyl sites for hydroxylation is 1. The molecule has 124 valence electrons. The Morgan fingerprint density at radius 2 is 1.88 bits per heavy atom. The molecule has 2 aromatic carbocycles. The van der Waals surface area contributed by atoms with Gasteiger partial charge in [0.2, 0.25) is 5.91 Å². The van der Waals surface area contributed by atoms with Crippen molar-refractivity contribution in [2.45, 2.75) is 13.5 Å². The largest absolute Gasteiger partial charge is 0.324 e. The molecule has 0 spiro atoms. The van der Waals surface area contributed by atoms with Crippen LogP contribution in [-0.4, -0.2) is 15.7 Å². The van der Waals surface area contributed by atoms with Crippen molar-refractivity contribution >= 4 is 11.6 Å². The Morgan fingerprint density at radius 3 is 2.52 bits per heavy atom. The van der Waals surface area contributed by atoms with Crippen LogP contribution in [0.5, 0.6) is 0 Å². The van der Waals surface area contributed by atoms with Gasteiger partial charge < -0.3 is 5.32 Å². The topological polar surface area (TPSA) is 70.7 Å². The van der Waals surface area contributed by atoms with Gasteiger partial charge >= 0.3 is 0 Å². The molecule has 0 fully saturated rings. The Hall–Kier alpha value is -3.46. The van der Waals surface area contributed by atoms with E-state index in [0.717, 1.165) is 17.0 Å². The molecule has 3 rings (SSSR count). The molecule has 0 radical (unpaired) electrons. The Bertz CT molecular complexity index is 937. The van der Waals surface area contributed by atoms with Gasteiger partial charge in [0.25, 0.3) is 0 Å². The number of nitriles is 1. The van der Waals surface area contributed by atoms with E-state index in [1.165, 1.54) is 24.3 Å². The van der Waals surface area contributed by atoms with Crippen molar-refractivity contribution in [2.75, 3.05) is 5.32 Å². The monoisotopic (exact) mass is 334 g/mol. The summed E-state index contributed by atoms with van der Waals surface area (Å²) in [4.78, 5) is 12.1. The maximum Gasteiger partial charge on any atom is 0.246 e. The second kappa shape index (κ2) is 6.97. The molecule has 0 saturated carbocycles. The van der Waals surface area contributed by atoms with E-state index in [2.05, 4.69) is 16.5 Å². The van der Waals surface area contributed by atoms with Crippen molar-refractivity contribution in [1.29, 1.82) is 5.26 Å². The lowest BCUT2D eigenvalue weighted by Gasteiger charge is -2.06. The fourth-order valence-electron chi connectivity index (χ4n) is 2.40. The quantitative estimate of drug-likeness (QED) is 0.794. The second-order valence-electron chi connectivity index (χ2n) is 5.57. The number of nitrogens with zero attached hydrogens (tertiary/aromatic N) is 3. The highest BCUT2D eigenvalue weighted by Crippen LogP contribution is 2.19. The van der Waals surface area contributed by atoms with E-state index >= 15 is 0 Å². The third-order valence-corrected chi connectivity index (χ3v) is 3.71. The van der Waals surface area contributed by atoms with Crippen molar-refractivity contribution in [3.05, 3.63) is 71.7 Å². The molecule has 0 aliphatic rings. The van der Waals surface area contributed by atoms with Crippen LogP contribution in [0.3, 0.4) is 0 Å². The first-order valence-corrected chi connectivity index (χ1v) is 7.65. The summed E-state index contributed by atoms with van der Waals surface area (Å²) < 4.78 is 14.5. The lowest BCUT2D eigenvalue weighted by atomic mass is 10.1. The summed E-state index contributed by atoms with van der Waals surface area (Å²) in [5.41, 5.74) is 3.56. The van der Waals surface area contributed by atoms with Crippen LogP contribution in [0.1, 0.15) is 11.3 Å². The number of nitrogens with one attached hydrogen (secondary N) is 1. The summed E-state index contributed by atoms with van der Waals surface area (Å²) >= 11 is 0. The normalized spacial score (nSPS) is 10.3. The van der Waals surface area contributed by atoms with Crippen molar-refractivity contribution in [3.8, 4) is 17.3 Å². The Labute approximate surface area is 144 Å². The highest BCUT2D eigenvalue weighted by molar-refractivity contribution is 5.90. The minimum atomic E-state index is -0.354. The molecule has 25 heavy (non-hydrogen) atoms. The van der Waals surface area contributed by atoms with Gasteiger partial charge in [0.1, 0.15) is 12.4 Å². The second-order valence-corrected chi connectivity index (χ2v) is 5.57. The van der Waals surface area contributed by atoms with Gasteiger partial charge in [-0.2, -0.15) is 10.4 Å². The highest BCUT2D eigenvalue weighted by Gasteiger charge is 2.10. The Morgan fingerprint density at radius 1 is 1.20 bits per heavy atom. The number of benzene rings is 2. The molecule has 1 heterocycles. The van der Waals surface area contributed by atoms with E-state index in [9.17, 15) is 9.18 Å². The van der Waals surface area contributed by atoms with E-state index in [1.54, 1.807) is 16.8 Å². The average molecular weight is 334 g/mol. The molecular formula is C19H15FN4O. The van der Waals surface area contributed by atoms with Gasteiger partial charge in [-0.3, -0.25) is 9.48 Å². The first-order chi connectivity index (χ1) is 12.0. The molecular weight excluding hydrogens is 319 g/mol. The maximum absolute atomic E-state index is 12.9. The maximum atomic E-state index is 12.9. The number of hydrogen-bond donors (Lipinski definition) is 1. The minimum Gasteiger partial charge on any atom is -0.324 e. The number of halogens is 1. The van der Waals surface area contributed by atoms with E-state index in [4.69, 9.17) is 5.26 Å². The molecule has 0 bridgehead atoms. The van der Waals surface area contributed by atoms with Crippen LogP contribution < -0.4 is 5.32 Å². The SMILES string of the molecule is Cc1cc(-c2ccc(C#N)cc2)nn1CC(=O)Nc1ccc(F)cc1. The first kappa shape index (κ1) is 16.4. The number of hydrogen-bond acceptors (Lipinski definition) is 3. The minimum absolute atomic E-state index is 0.0550. The number of carbonyl (C=O) groups excluding carboxylic acids is 1. The van der Waals surface area contributed by atoms with Crippen molar-refractivity contribution in [1.82, 2.24) is 9.78 Å². The standard InChI is InChI=1S/C19H15FN4O/c1-13-10-18(15-4-2-14(11-21)3-5-15)23-24(13)12-19(25)22-17-8-6-16(20)7-9-17/h2-10H,12H2,1H3,(H,22,25). The lowest BCUT2D eigenvalue weighted by molar-refractivity contribution is -0.116. The molecule has 0 aliphatic carbocycles. The molecule has 1 amide bonds. The van der Waals surface area contributed by atoms with Gasteiger partial charge in [-0.1, -0.05) is 12.1 Å². The third-order valence-electron chi connectivity index (χ3n) is 3.71. The van der Waals surface area contributed by atoms with E-state index in [-0.39, 0.29) is 18.3 Å². The summed E-state index contributed by atoms with van der Waals surface area (Å²) in [7, 11) is 0. The number of aromatic nitrogens is 2. The van der Waals surface area contributed by atoms with Crippen LogP contribution in [0.4, 0.5) is 10.1 Å². The van der Waals surface area contributed by atoms with Crippen LogP contribution in [-0.2, 0) is 11.3 Å². The van der Waals surface area contributed by atoms with Gasteiger partial charge in [-0.05, 0) is 49.4 Å². The molecule has 1 N–H and O–H groups in total. The molecule has 0 aliphatic heterocycles. The van der Waals surface area contributed by atoms with Crippen molar-refractivity contribution in [3.63, 3.8) is 0 Å². The average Bonchev–Trinajstić information content (AvgIpc) is 2.97. The predicted octanol–water partition coefficient (Wildman–Crippen LogP) is 3.51. The first-order valence-electron chi connectivity index (χ1n) is 7.65. The Kier molecular flexibility index (Phi) is 4.57. The van der Waals surface area contributed by atoms with Gasteiger partial charge in [-0.15, -0.1) is 0 Å². The zero-order valence-electron chi connectivity index (χ0n) is 13.5. The fraction of sp³-hybridized carbons (Fsp3) is 0.105. The molecule has 0 unspecified atom stereocenters. The van der Waals surface area contributed by atoms with Gasteiger partial charge in [0.05, 0.1) is 17.3 Å². The zero-order valence-corrected chi connectivity index (χ0v) is 13.5. The molecule has 3 aromatic rings. The highest BCUT2D eigenvalue weighted by atomic mass is 19.1. The van der Waals surface area contributed by atoms with Gasteiger partial charge in [0, 0.05) is 16.9 Å². The molecule has 0 atom stereocenters. The zero-order chi connectivity index (χ0) is 17.8. The Balaban J connectivity index is 1.72. The third kappa shape index (κ3) is 3.90. The number of amides is 1. The molecule has 6 heteroatoms. The summed E-state index contributed by atoms with van der Waals surface area (Å²) in [6.45, 7) is 1.92. The summed E-state index contributed by atoms with van der Waals surface area (Å²) in [6, 6.07) is 16.6. The van der Waals surface area contributed by atoms with Gasteiger partial charge in [-0.25, -0.2) is 4.39 Å². The van der Waals surface area contributed by atoms with Crippen LogP contribution >= 0.6 is 0 Å². The van der Waals surface area contributed by atoms with Crippen LogP contribution in [0.2, 0.25) is 0 Å². The number of carbonyl (C=O) groups is 1. The van der Waals surface area contributed by atoms with E-state index < -0.39 is 0 Å². The predicted molar refractivity (Wildman–Crippen MR) is 92.1 cm³/mol. The number of rotatable bonds is 4. The lowest BCUT2D eigenvalue weighted by Crippen LogP contribution is -2.20. The molecule has 0 saturated heterocycles. The molecule has 5 nitrogen and oxygen atoms in total.